The van der Waals surface area contributed by atoms with E-state index >= 15 is 0 Å². The number of nitrogens with one attached hydrogen (secondary N) is 2. The van der Waals surface area contributed by atoms with Crippen molar-refractivity contribution in [1.29, 1.82) is 0 Å². The lowest BCUT2D eigenvalue weighted by molar-refractivity contribution is -0.122. The monoisotopic (exact) mass is 343 g/mol. The Bertz CT molecular complexity index is 559. The van der Waals surface area contributed by atoms with Crippen molar-refractivity contribution in [1.82, 2.24) is 20.4 Å². The molecule has 2 heterocycles. The largest absolute Gasteiger partial charge is 0.357 e. The van der Waals surface area contributed by atoms with Crippen LogP contribution in [-0.4, -0.2) is 48.4 Å². The van der Waals surface area contributed by atoms with Crippen molar-refractivity contribution in [2.75, 3.05) is 31.6 Å². The number of rotatable bonds is 3. The first-order valence-corrected chi connectivity index (χ1v) is 7.34. The van der Waals surface area contributed by atoms with Gasteiger partial charge in [-0.3, -0.25) is 9.59 Å². The molecule has 1 aromatic heterocycles. The first-order valence-electron chi connectivity index (χ1n) is 6.54. The number of piperazine rings is 1. The molecule has 1 amide bonds. The van der Waals surface area contributed by atoms with Gasteiger partial charge in [-0.05, 0) is 22.9 Å². The van der Waals surface area contributed by atoms with Gasteiger partial charge in [0, 0.05) is 33.2 Å². The molecule has 1 unspecified atom stereocenters. The molecule has 1 saturated heterocycles. The smallest absolute Gasteiger partial charge is 0.283 e. The number of hydrogen-bond donors (Lipinski definition) is 2. The molecular weight excluding hydrogens is 326 g/mol. The number of aromatic nitrogens is 2. The molecule has 0 bridgehead atoms. The third-order valence-electron chi connectivity index (χ3n) is 3.37. The summed E-state index contributed by atoms with van der Waals surface area (Å²) in [5.74, 6) is -0.0798. The van der Waals surface area contributed by atoms with Gasteiger partial charge in [0.05, 0.1) is 11.9 Å². The van der Waals surface area contributed by atoms with Gasteiger partial charge < -0.3 is 15.5 Å². The number of aryl methyl sites for hydroxylation is 1. The summed E-state index contributed by atoms with van der Waals surface area (Å²) in [6.45, 7) is 4.32. The Morgan fingerprint density at radius 3 is 3.05 bits per heavy atom. The molecule has 0 saturated carbocycles. The van der Waals surface area contributed by atoms with Crippen molar-refractivity contribution >= 4 is 27.5 Å². The van der Waals surface area contributed by atoms with Crippen molar-refractivity contribution in [2.45, 2.75) is 19.5 Å². The molecule has 2 N–H and O–H groups in total. The van der Waals surface area contributed by atoms with E-state index in [9.17, 15) is 9.59 Å². The Kier molecular flexibility index (Phi) is 4.77. The van der Waals surface area contributed by atoms with Crippen LogP contribution in [0.3, 0.4) is 0 Å². The fourth-order valence-corrected chi connectivity index (χ4v) is 2.81. The standard InChI is InChI=1S/C12H18BrN5O2/c1-3-18-12(20)10(13)8(7-16-18)17-5-4-15-6-9(17)11(19)14-2/h7,9,15H,3-6H2,1-2H3,(H,14,19). The molecule has 0 spiro atoms. The summed E-state index contributed by atoms with van der Waals surface area (Å²) < 4.78 is 1.83. The Hall–Kier alpha value is -1.41. The minimum atomic E-state index is -0.344. The molecule has 7 nitrogen and oxygen atoms in total. The lowest BCUT2D eigenvalue weighted by Gasteiger charge is -2.36. The molecule has 0 aliphatic carbocycles. The molecule has 8 heteroatoms. The number of carbonyl (C=O) groups is 1. The fourth-order valence-electron chi connectivity index (χ4n) is 2.28. The third kappa shape index (κ3) is 2.71. The second-order valence-corrected chi connectivity index (χ2v) is 5.29. The quantitative estimate of drug-likeness (QED) is 0.777. The van der Waals surface area contributed by atoms with E-state index in [0.717, 1.165) is 6.54 Å². The predicted molar refractivity (Wildman–Crippen MR) is 79.9 cm³/mol. The highest BCUT2D eigenvalue weighted by Gasteiger charge is 2.30. The average molecular weight is 344 g/mol. The van der Waals surface area contributed by atoms with Crippen molar-refractivity contribution in [2.24, 2.45) is 0 Å². The van der Waals surface area contributed by atoms with E-state index in [1.807, 2.05) is 11.8 Å². The molecule has 0 aromatic carbocycles. The SMILES string of the molecule is CCn1ncc(N2CCNCC2C(=O)NC)c(Br)c1=O. The number of amides is 1. The van der Waals surface area contributed by atoms with Gasteiger partial charge in [-0.2, -0.15) is 5.10 Å². The minimum absolute atomic E-state index is 0.0798. The molecule has 1 aromatic rings. The van der Waals surface area contributed by atoms with Crippen LogP contribution in [0.5, 0.6) is 0 Å². The van der Waals surface area contributed by atoms with Crippen LogP contribution < -0.4 is 21.1 Å². The van der Waals surface area contributed by atoms with Crippen LogP contribution in [0.1, 0.15) is 6.92 Å². The number of likely N-dealkylation sites (N-methyl/N-ethyl adjacent to an activating group) is 1. The van der Waals surface area contributed by atoms with Gasteiger partial charge in [-0.25, -0.2) is 4.68 Å². The summed E-state index contributed by atoms with van der Waals surface area (Å²) in [6, 6.07) is -0.344. The average Bonchev–Trinajstić information content (AvgIpc) is 2.49. The van der Waals surface area contributed by atoms with Crippen molar-refractivity contribution < 1.29 is 4.79 Å². The number of hydrogen-bond acceptors (Lipinski definition) is 5. The molecule has 1 aliphatic heterocycles. The van der Waals surface area contributed by atoms with E-state index in [1.54, 1.807) is 13.2 Å². The van der Waals surface area contributed by atoms with E-state index < -0.39 is 0 Å². The lowest BCUT2D eigenvalue weighted by Crippen LogP contribution is -2.58. The maximum absolute atomic E-state index is 12.1. The van der Waals surface area contributed by atoms with Crippen molar-refractivity contribution in [3.8, 4) is 0 Å². The fraction of sp³-hybridized carbons (Fsp3) is 0.583. The Morgan fingerprint density at radius 1 is 1.65 bits per heavy atom. The summed E-state index contributed by atoms with van der Waals surface area (Å²) >= 11 is 3.34. The van der Waals surface area contributed by atoms with Crippen molar-refractivity contribution in [3.63, 3.8) is 0 Å². The zero-order chi connectivity index (χ0) is 14.7. The Labute approximate surface area is 125 Å². The molecule has 20 heavy (non-hydrogen) atoms. The molecular formula is C12H18BrN5O2. The van der Waals surface area contributed by atoms with Crippen molar-refractivity contribution in [3.05, 3.63) is 21.0 Å². The van der Waals surface area contributed by atoms with Gasteiger partial charge in [0.15, 0.2) is 0 Å². The van der Waals surface area contributed by atoms with E-state index in [-0.39, 0.29) is 17.5 Å². The number of nitrogens with zero attached hydrogens (tertiary/aromatic N) is 3. The minimum Gasteiger partial charge on any atom is -0.357 e. The first kappa shape index (κ1) is 15.0. The molecule has 1 atom stereocenters. The second-order valence-electron chi connectivity index (χ2n) is 4.49. The van der Waals surface area contributed by atoms with Gasteiger partial charge in [0.2, 0.25) is 5.91 Å². The third-order valence-corrected chi connectivity index (χ3v) is 4.11. The zero-order valence-corrected chi connectivity index (χ0v) is 13.1. The summed E-state index contributed by atoms with van der Waals surface area (Å²) in [7, 11) is 1.61. The maximum atomic E-state index is 12.1. The van der Waals surface area contributed by atoms with E-state index in [1.165, 1.54) is 4.68 Å². The molecule has 1 fully saturated rings. The highest BCUT2D eigenvalue weighted by atomic mass is 79.9. The molecule has 0 radical (unpaired) electrons. The second kappa shape index (κ2) is 6.36. The van der Waals surface area contributed by atoms with Gasteiger partial charge in [-0.15, -0.1) is 0 Å². The normalized spacial score (nSPS) is 18.9. The van der Waals surface area contributed by atoms with Crippen LogP contribution >= 0.6 is 15.9 Å². The van der Waals surface area contributed by atoms with Crippen LogP contribution in [0.15, 0.2) is 15.5 Å². The van der Waals surface area contributed by atoms with Gasteiger partial charge in [0.1, 0.15) is 10.5 Å². The van der Waals surface area contributed by atoms with Gasteiger partial charge in [0.25, 0.3) is 5.56 Å². The highest BCUT2D eigenvalue weighted by molar-refractivity contribution is 9.10. The van der Waals surface area contributed by atoms with E-state index in [2.05, 4.69) is 31.7 Å². The summed E-state index contributed by atoms with van der Waals surface area (Å²) in [5, 5.41) is 9.97. The number of carbonyl (C=O) groups excluding carboxylic acids is 1. The summed E-state index contributed by atoms with van der Waals surface area (Å²) in [4.78, 5) is 26.0. The summed E-state index contributed by atoms with van der Waals surface area (Å²) in [6.07, 6.45) is 1.64. The van der Waals surface area contributed by atoms with E-state index in [0.29, 0.717) is 29.8 Å². The zero-order valence-electron chi connectivity index (χ0n) is 11.5. The van der Waals surface area contributed by atoms with Crippen LogP contribution in [0.4, 0.5) is 5.69 Å². The topological polar surface area (TPSA) is 79.3 Å². The first-order chi connectivity index (χ1) is 9.60. The predicted octanol–water partition coefficient (Wildman–Crippen LogP) is -0.450. The van der Waals surface area contributed by atoms with Gasteiger partial charge in [-0.1, -0.05) is 0 Å². The Morgan fingerprint density at radius 2 is 2.40 bits per heavy atom. The highest BCUT2D eigenvalue weighted by Crippen LogP contribution is 2.24. The molecule has 110 valence electrons. The van der Waals surface area contributed by atoms with Crippen LogP contribution in [0, 0.1) is 0 Å². The lowest BCUT2D eigenvalue weighted by atomic mass is 10.1. The number of anilines is 1. The molecule has 2 rings (SSSR count). The summed E-state index contributed by atoms with van der Waals surface area (Å²) in [5.41, 5.74) is 0.481. The maximum Gasteiger partial charge on any atom is 0.283 e. The number of halogens is 1. The van der Waals surface area contributed by atoms with Crippen LogP contribution in [-0.2, 0) is 11.3 Å². The molecule has 1 aliphatic rings. The van der Waals surface area contributed by atoms with Gasteiger partial charge >= 0.3 is 0 Å². The van der Waals surface area contributed by atoms with E-state index in [4.69, 9.17) is 0 Å². The van der Waals surface area contributed by atoms with Crippen LogP contribution in [0.2, 0.25) is 0 Å². The van der Waals surface area contributed by atoms with Crippen LogP contribution in [0.25, 0.3) is 0 Å². The Balaban J connectivity index is 2.40.